The minimum absolute atomic E-state index is 0.0215. The van der Waals surface area contributed by atoms with Crippen molar-refractivity contribution < 1.29 is 42.2 Å². The standard InChI is InChI=1S/C39H59F3N2O6/c1-21(2)29-24(45)19-38(44-32(49)43-22(3)39(40,41)42)18-17-36(9)23(30(29)38)11-12-26-35(8)15-14-27(50-28(46)20-33(4,5)31(47)48)34(6,7)25(35)13-16-37(26,36)10/h21-22,25-27,29H,11-20H2,1-10H3,(H,47,48)(H2,43,44,49)/t22-,25?,26?,27+,29?,35+,36-,37-,38-/m1/s1. The Morgan fingerprint density at radius 2 is 1.58 bits per heavy atom. The fourth-order valence-corrected chi connectivity index (χ4v) is 12.0. The van der Waals surface area contributed by atoms with Gasteiger partial charge in [0, 0.05) is 17.8 Å². The molecule has 282 valence electrons. The van der Waals surface area contributed by atoms with E-state index >= 15 is 0 Å². The highest BCUT2D eigenvalue weighted by molar-refractivity contribution is 5.92. The molecule has 2 amide bonds. The van der Waals surface area contributed by atoms with E-state index < -0.39 is 47.1 Å². The Morgan fingerprint density at radius 3 is 2.16 bits per heavy atom. The van der Waals surface area contributed by atoms with Crippen LogP contribution in [0.5, 0.6) is 0 Å². The fraction of sp³-hybridized carbons (Fsp3) is 0.846. The molecular weight excluding hydrogens is 649 g/mol. The lowest BCUT2D eigenvalue weighted by atomic mass is 9.34. The van der Waals surface area contributed by atoms with Crippen LogP contribution in [0.2, 0.25) is 0 Å². The summed E-state index contributed by atoms with van der Waals surface area (Å²) in [5.74, 6) is -1.28. The summed E-state index contributed by atoms with van der Waals surface area (Å²) >= 11 is 0. The maximum atomic E-state index is 13.8. The molecule has 0 heterocycles. The van der Waals surface area contributed by atoms with Crippen LogP contribution >= 0.6 is 0 Å². The highest BCUT2D eigenvalue weighted by Gasteiger charge is 2.69. The second-order valence-electron chi connectivity index (χ2n) is 18.8. The predicted octanol–water partition coefficient (Wildman–Crippen LogP) is 8.38. The van der Waals surface area contributed by atoms with Gasteiger partial charge in [-0.1, -0.05) is 54.0 Å². The molecule has 3 unspecified atom stereocenters. The number of Topliss-reactive ketones (excluding diaryl/α,β-unsaturated/α-hetero) is 1. The first-order valence-electron chi connectivity index (χ1n) is 18.6. The van der Waals surface area contributed by atoms with Gasteiger partial charge in [-0.25, -0.2) is 4.79 Å². The van der Waals surface area contributed by atoms with Gasteiger partial charge in [0.1, 0.15) is 17.9 Å². The zero-order valence-corrected chi connectivity index (χ0v) is 31.7. The molecular formula is C39H59F3N2O6. The number of hydrogen-bond donors (Lipinski definition) is 3. The zero-order valence-electron chi connectivity index (χ0n) is 31.7. The molecule has 4 saturated carbocycles. The molecule has 11 heteroatoms. The molecule has 0 bridgehead atoms. The molecule has 0 saturated heterocycles. The number of allylic oxidation sites excluding steroid dienone is 1. The molecule has 0 aromatic heterocycles. The van der Waals surface area contributed by atoms with Crippen LogP contribution in [0.4, 0.5) is 18.0 Å². The normalized spacial score (nSPS) is 38.7. The lowest BCUT2D eigenvalue weighted by Crippen LogP contribution is -2.65. The van der Waals surface area contributed by atoms with Crippen LogP contribution in [0.15, 0.2) is 11.1 Å². The summed E-state index contributed by atoms with van der Waals surface area (Å²) in [5, 5.41) is 14.6. The van der Waals surface area contributed by atoms with Gasteiger partial charge in [0.25, 0.3) is 0 Å². The number of esters is 1. The van der Waals surface area contributed by atoms with Crippen LogP contribution in [0.25, 0.3) is 0 Å². The number of carboxylic acid groups (broad SMARTS) is 1. The van der Waals surface area contributed by atoms with Crippen LogP contribution in [0.3, 0.4) is 0 Å². The number of amides is 2. The quantitative estimate of drug-likeness (QED) is 0.181. The fourth-order valence-electron chi connectivity index (χ4n) is 12.0. The SMILES string of the molecule is CC(C)C1C(=O)C[C@]2(NC(=O)N[C@H](C)C(F)(F)F)CC[C@]3(C)C(=C12)CCC1[C@@]2(C)CC[C@H](OC(=O)CC(C)(C)C(=O)O)C(C)(C)C2CC[C@]13C. The van der Waals surface area contributed by atoms with Crippen molar-refractivity contribution in [3.8, 4) is 0 Å². The van der Waals surface area contributed by atoms with E-state index in [0.29, 0.717) is 18.8 Å². The van der Waals surface area contributed by atoms with Gasteiger partial charge in [-0.2, -0.15) is 13.2 Å². The largest absolute Gasteiger partial charge is 0.481 e. The third kappa shape index (κ3) is 5.88. The summed E-state index contributed by atoms with van der Waals surface area (Å²) in [4.78, 5) is 51.6. The number of alkyl halides is 3. The minimum Gasteiger partial charge on any atom is -0.481 e. The molecule has 4 fully saturated rings. The van der Waals surface area contributed by atoms with E-state index in [1.165, 1.54) is 19.4 Å². The number of ketones is 1. The van der Waals surface area contributed by atoms with E-state index in [9.17, 15) is 37.5 Å². The number of hydrogen-bond acceptors (Lipinski definition) is 5. The number of carbonyl (C=O) groups excluding carboxylic acids is 3. The number of urea groups is 1. The lowest BCUT2D eigenvalue weighted by molar-refractivity contribution is -0.214. The molecule has 50 heavy (non-hydrogen) atoms. The van der Waals surface area contributed by atoms with Crippen LogP contribution in [-0.4, -0.2) is 52.7 Å². The van der Waals surface area contributed by atoms with E-state index in [-0.39, 0.29) is 58.2 Å². The topological polar surface area (TPSA) is 122 Å². The van der Waals surface area contributed by atoms with Gasteiger partial charge >= 0.3 is 24.1 Å². The number of rotatable bonds is 7. The molecule has 5 aliphatic carbocycles. The third-order valence-corrected chi connectivity index (χ3v) is 14.9. The Bertz CT molecular complexity index is 1470. The molecule has 0 spiro atoms. The Balaban J connectivity index is 1.47. The predicted molar refractivity (Wildman–Crippen MR) is 183 cm³/mol. The number of halogens is 3. The maximum absolute atomic E-state index is 13.8. The Kier molecular flexibility index (Phi) is 9.46. The van der Waals surface area contributed by atoms with Crippen molar-refractivity contribution in [1.82, 2.24) is 10.6 Å². The van der Waals surface area contributed by atoms with E-state index in [0.717, 1.165) is 51.0 Å². The summed E-state index contributed by atoms with van der Waals surface area (Å²) in [6, 6.07) is -2.92. The zero-order chi connectivity index (χ0) is 37.6. The summed E-state index contributed by atoms with van der Waals surface area (Å²) in [5.41, 5.74) is -0.817. The first kappa shape index (κ1) is 38.6. The summed E-state index contributed by atoms with van der Waals surface area (Å²) in [6.07, 6.45) is 1.31. The molecule has 9 atom stereocenters. The van der Waals surface area contributed by atoms with Crippen molar-refractivity contribution in [2.45, 2.75) is 157 Å². The van der Waals surface area contributed by atoms with Gasteiger partial charge in [0.05, 0.1) is 17.4 Å². The molecule has 0 aromatic carbocycles. The average molecular weight is 709 g/mol. The van der Waals surface area contributed by atoms with E-state index in [4.69, 9.17) is 4.74 Å². The second kappa shape index (κ2) is 12.2. The van der Waals surface area contributed by atoms with E-state index in [1.54, 1.807) is 0 Å². The van der Waals surface area contributed by atoms with Gasteiger partial charge < -0.3 is 20.5 Å². The number of carbonyl (C=O) groups is 4. The van der Waals surface area contributed by atoms with Gasteiger partial charge in [-0.3, -0.25) is 14.4 Å². The van der Waals surface area contributed by atoms with Crippen LogP contribution in [0, 0.1) is 50.7 Å². The number of fused-ring (bicyclic) bond motifs is 6. The van der Waals surface area contributed by atoms with Crippen molar-refractivity contribution in [2.75, 3.05) is 0 Å². The Hall–Kier alpha value is -2.59. The van der Waals surface area contributed by atoms with Gasteiger partial charge in [-0.15, -0.1) is 0 Å². The highest BCUT2D eigenvalue weighted by atomic mass is 19.4. The molecule has 0 aliphatic heterocycles. The average Bonchev–Trinajstić information content (AvgIpc) is 3.25. The molecule has 0 aromatic rings. The van der Waals surface area contributed by atoms with Crippen molar-refractivity contribution in [3.63, 3.8) is 0 Å². The molecule has 5 aliphatic rings. The van der Waals surface area contributed by atoms with Crippen LogP contribution in [-0.2, 0) is 19.1 Å². The Labute approximate surface area is 295 Å². The smallest absolute Gasteiger partial charge is 0.408 e. The first-order chi connectivity index (χ1) is 22.8. The van der Waals surface area contributed by atoms with Gasteiger partial charge in [0.2, 0.25) is 0 Å². The first-order valence-corrected chi connectivity index (χ1v) is 18.6. The lowest BCUT2D eigenvalue weighted by Gasteiger charge is -2.70. The summed E-state index contributed by atoms with van der Waals surface area (Å²) in [7, 11) is 0. The van der Waals surface area contributed by atoms with Crippen molar-refractivity contribution in [3.05, 3.63) is 11.1 Å². The maximum Gasteiger partial charge on any atom is 0.408 e. The van der Waals surface area contributed by atoms with Crippen LogP contribution in [0.1, 0.15) is 133 Å². The third-order valence-electron chi connectivity index (χ3n) is 14.9. The highest BCUT2D eigenvalue weighted by Crippen LogP contribution is 2.75. The van der Waals surface area contributed by atoms with Crippen molar-refractivity contribution in [1.29, 1.82) is 0 Å². The summed E-state index contributed by atoms with van der Waals surface area (Å²) < 4.78 is 46.2. The minimum atomic E-state index is -4.58. The molecule has 0 radical (unpaired) electrons. The monoisotopic (exact) mass is 708 g/mol. The second-order valence-corrected chi connectivity index (χ2v) is 18.8. The van der Waals surface area contributed by atoms with Crippen molar-refractivity contribution in [2.24, 2.45) is 50.7 Å². The van der Waals surface area contributed by atoms with Crippen molar-refractivity contribution >= 4 is 23.8 Å². The van der Waals surface area contributed by atoms with E-state index in [2.05, 4.69) is 45.3 Å². The number of carboxylic acids is 1. The van der Waals surface area contributed by atoms with E-state index in [1.807, 2.05) is 13.8 Å². The number of ether oxygens (including phenoxy) is 1. The van der Waals surface area contributed by atoms with Gasteiger partial charge in [-0.05, 0) is 112 Å². The Morgan fingerprint density at radius 1 is 0.940 bits per heavy atom. The molecule has 8 nitrogen and oxygen atoms in total. The number of nitrogens with one attached hydrogen (secondary N) is 2. The molecule has 5 rings (SSSR count). The summed E-state index contributed by atoms with van der Waals surface area (Å²) in [6.45, 7) is 19.6. The van der Waals surface area contributed by atoms with Gasteiger partial charge in [0.15, 0.2) is 0 Å². The van der Waals surface area contributed by atoms with Crippen LogP contribution < -0.4 is 10.6 Å². The number of aliphatic carboxylic acids is 1. The molecule has 3 N–H and O–H groups in total.